The van der Waals surface area contributed by atoms with Gasteiger partial charge >= 0.3 is 12.1 Å². The maximum Gasteiger partial charge on any atom is 0.410 e. The molecule has 0 spiro atoms. The normalized spacial score (nSPS) is 16.8. The number of nitrogens with zero attached hydrogens (tertiary/aromatic N) is 3. The van der Waals surface area contributed by atoms with Gasteiger partial charge in [0.05, 0.1) is 23.6 Å². The van der Waals surface area contributed by atoms with Gasteiger partial charge in [-0.05, 0) is 56.0 Å². The van der Waals surface area contributed by atoms with Crippen LogP contribution in [0.1, 0.15) is 28.7 Å². The molecule has 0 aliphatic carbocycles. The number of benzene rings is 2. The molecule has 0 bridgehead atoms. The highest BCUT2D eigenvalue weighted by atomic mass is 32.2. The van der Waals surface area contributed by atoms with E-state index >= 15 is 0 Å². The van der Waals surface area contributed by atoms with Gasteiger partial charge in [-0.1, -0.05) is 54.1 Å². The number of carboxylic acids is 1. The van der Waals surface area contributed by atoms with E-state index in [9.17, 15) is 27.9 Å². The molecule has 14 heteroatoms. The van der Waals surface area contributed by atoms with E-state index in [0.29, 0.717) is 29.9 Å². The molecule has 0 saturated carbocycles. The van der Waals surface area contributed by atoms with Crippen molar-refractivity contribution in [3.05, 3.63) is 89.1 Å². The number of ether oxygens (including phenoxy) is 2. The van der Waals surface area contributed by atoms with Crippen molar-refractivity contribution in [1.29, 1.82) is 0 Å². The van der Waals surface area contributed by atoms with Gasteiger partial charge < -0.3 is 29.7 Å². The fourth-order valence-electron chi connectivity index (χ4n) is 5.58. The molecule has 4 rings (SSSR count). The molecule has 1 aromatic heterocycles. The average Bonchev–Trinajstić information content (AvgIpc) is 3.44. The molecule has 1 aliphatic heterocycles. The van der Waals surface area contributed by atoms with Gasteiger partial charge in [0, 0.05) is 26.3 Å². The van der Waals surface area contributed by atoms with E-state index in [4.69, 9.17) is 9.47 Å². The summed E-state index contributed by atoms with van der Waals surface area (Å²) in [5.74, 6) is -1.34. The molecular formula is C33H41N5O8S. The van der Waals surface area contributed by atoms with Crippen LogP contribution in [-0.2, 0) is 35.7 Å². The summed E-state index contributed by atoms with van der Waals surface area (Å²) in [5, 5.41) is 13.0. The number of likely N-dealkylation sites (N-methyl/N-ethyl adjacent to an activating group) is 1. The molecule has 0 radical (unpaired) electrons. The first-order chi connectivity index (χ1) is 22.3. The number of pyridine rings is 1. The summed E-state index contributed by atoms with van der Waals surface area (Å²) in [6.45, 7) is 4.93. The minimum atomic E-state index is -4.21. The third-order valence-corrected chi connectivity index (χ3v) is 9.57. The number of aromatic nitrogens is 1. The van der Waals surface area contributed by atoms with Gasteiger partial charge in [-0.2, -0.15) is 4.72 Å². The van der Waals surface area contributed by atoms with E-state index < -0.39 is 53.3 Å². The fraction of sp³-hybridized carbons (Fsp3) is 0.394. The maximum absolute atomic E-state index is 13.2. The van der Waals surface area contributed by atoms with Gasteiger partial charge in [-0.25, -0.2) is 18.2 Å². The Morgan fingerprint density at radius 2 is 1.74 bits per heavy atom. The minimum Gasteiger partial charge on any atom is -0.480 e. The molecule has 2 heterocycles. The lowest BCUT2D eigenvalue weighted by molar-refractivity contribution is -0.141. The number of aliphatic carboxylic acids is 1. The second kappa shape index (κ2) is 15.8. The Kier molecular flexibility index (Phi) is 11.9. The first-order valence-electron chi connectivity index (χ1n) is 15.1. The monoisotopic (exact) mass is 667 g/mol. The van der Waals surface area contributed by atoms with Crippen LogP contribution in [0, 0.1) is 20.8 Å². The highest BCUT2D eigenvalue weighted by Gasteiger charge is 2.37. The van der Waals surface area contributed by atoms with Gasteiger partial charge in [0.15, 0.2) is 0 Å². The largest absolute Gasteiger partial charge is 0.480 e. The summed E-state index contributed by atoms with van der Waals surface area (Å²) >= 11 is 0. The Balaban J connectivity index is 1.36. The summed E-state index contributed by atoms with van der Waals surface area (Å²) in [4.78, 5) is 45.1. The number of likely N-dealkylation sites (tertiary alicyclic amines) is 1. The number of carboxylic acid groups (broad SMARTS) is 1. The number of carbonyl (C=O) groups is 3. The van der Waals surface area contributed by atoms with Crippen molar-refractivity contribution in [2.75, 3.05) is 38.6 Å². The predicted molar refractivity (Wildman–Crippen MR) is 174 cm³/mol. The maximum atomic E-state index is 13.2. The highest BCUT2D eigenvalue weighted by molar-refractivity contribution is 7.89. The highest BCUT2D eigenvalue weighted by Crippen LogP contribution is 2.24. The van der Waals surface area contributed by atoms with Crippen LogP contribution in [0.25, 0.3) is 0 Å². The second-order valence-corrected chi connectivity index (χ2v) is 13.3. The Hall–Kier alpha value is -4.53. The van der Waals surface area contributed by atoms with E-state index in [-0.39, 0.29) is 24.1 Å². The average molecular weight is 668 g/mol. The summed E-state index contributed by atoms with van der Waals surface area (Å²) in [7, 11) is -2.83. The van der Waals surface area contributed by atoms with E-state index in [2.05, 4.69) is 15.0 Å². The zero-order valence-electron chi connectivity index (χ0n) is 26.9. The molecule has 2 amide bonds. The van der Waals surface area contributed by atoms with Gasteiger partial charge in [0.1, 0.15) is 25.1 Å². The zero-order valence-corrected chi connectivity index (χ0v) is 27.7. The van der Waals surface area contributed by atoms with Crippen molar-refractivity contribution >= 4 is 33.8 Å². The molecule has 13 nitrogen and oxygen atoms in total. The summed E-state index contributed by atoms with van der Waals surface area (Å²) < 4.78 is 40.1. The minimum absolute atomic E-state index is 0.00633. The topological polar surface area (TPSA) is 167 Å². The van der Waals surface area contributed by atoms with Crippen molar-refractivity contribution in [3.8, 4) is 0 Å². The molecule has 3 N–H and O–H groups in total. The molecule has 1 saturated heterocycles. The lowest BCUT2D eigenvalue weighted by Gasteiger charge is -2.24. The van der Waals surface area contributed by atoms with Crippen molar-refractivity contribution in [2.24, 2.45) is 0 Å². The van der Waals surface area contributed by atoms with E-state index in [1.54, 1.807) is 43.1 Å². The molecule has 3 atom stereocenters. The molecule has 47 heavy (non-hydrogen) atoms. The van der Waals surface area contributed by atoms with Gasteiger partial charge in [0.2, 0.25) is 15.9 Å². The smallest absolute Gasteiger partial charge is 0.410 e. The standard InChI is InChI=1S/C33H41N5O8S/c1-22-14-23(2)31(24(3)15-22)47(43,44)36-28(32(40)41)19-37(4)30(39)21-45-27-16-26(17-35-29-12-8-9-13-34-29)38(18-27)33(42)46-20-25-10-6-5-7-11-25/h5-15,26-28,36H,16-21H2,1-4H3,(H,34,35)(H,40,41). The summed E-state index contributed by atoms with van der Waals surface area (Å²) in [6, 6.07) is 16.2. The quantitative estimate of drug-likeness (QED) is 0.232. The fourth-order valence-corrected chi connectivity index (χ4v) is 7.21. The Morgan fingerprint density at radius 1 is 1.06 bits per heavy atom. The Morgan fingerprint density at radius 3 is 2.38 bits per heavy atom. The van der Waals surface area contributed by atoms with Crippen LogP contribution < -0.4 is 10.0 Å². The Bertz CT molecular complexity index is 1630. The van der Waals surface area contributed by atoms with E-state index in [1.165, 1.54) is 7.05 Å². The Labute approximate surface area is 274 Å². The van der Waals surface area contributed by atoms with Crippen LogP contribution in [0.5, 0.6) is 0 Å². The van der Waals surface area contributed by atoms with Crippen LogP contribution in [0.3, 0.4) is 0 Å². The lowest BCUT2D eigenvalue weighted by Crippen LogP contribution is -2.49. The first-order valence-corrected chi connectivity index (χ1v) is 16.6. The SMILES string of the molecule is Cc1cc(C)c(S(=O)(=O)NC(CN(C)C(=O)COC2CC(CNc3ccccn3)N(C(=O)OCc3ccccc3)C2)C(=O)O)c(C)c1. The van der Waals surface area contributed by atoms with Crippen molar-refractivity contribution < 1.29 is 37.4 Å². The number of rotatable bonds is 14. The lowest BCUT2D eigenvalue weighted by atomic mass is 10.1. The number of aryl methyl sites for hydroxylation is 3. The van der Waals surface area contributed by atoms with Gasteiger partial charge in [0.25, 0.3) is 0 Å². The molecule has 2 aromatic carbocycles. The van der Waals surface area contributed by atoms with E-state index in [1.807, 2.05) is 49.4 Å². The molecule has 3 aromatic rings. The molecule has 252 valence electrons. The second-order valence-electron chi connectivity index (χ2n) is 11.6. The van der Waals surface area contributed by atoms with Gasteiger partial charge in [-0.15, -0.1) is 0 Å². The molecule has 1 aliphatic rings. The van der Waals surface area contributed by atoms with Crippen molar-refractivity contribution in [1.82, 2.24) is 19.5 Å². The summed E-state index contributed by atoms with van der Waals surface area (Å²) in [6.07, 6.45) is 1.03. The van der Waals surface area contributed by atoms with Crippen molar-refractivity contribution in [3.63, 3.8) is 0 Å². The third kappa shape index (κ3) is 9.73. The third-order valence-electron chi connectivity index (χ3n) is 7.79. The zero-order chi connectivity index (χ0) is 34.1. The number of carbonyl (C=O) groups excluding carboxylic acids is 2. The molecule has 1 fully saturated rings. The predicted octanol–water partition coefficient (Wildman–Crippen LogP) is 3.11. The number of nitrogens with one attached hydrogen (secondary N) is 2. The van der Waals surface area contributed by atoms with Gasteiger partial charge in [-0.3, -0.25) is 9.59 Å². The summed E-state index contributed by atoms with van der Waals surface area (Å²) in [5.41, 5.74) is 2.69. The molecular weight excluding hydrogens is 626 g/mol. The van der Waals surface area contributed by atoms with Crippen LogP contribution in [0.2, 0.25) is 0 Å². The van der Waals surface area contributed by atoms with Crippen LogP contribution >= 0.6 is 0 Å². The number of sulfonamides is 1. The van der Waals surface area contributed by atoms with E-state index in [0.717, 1.165) is 16.0 Å². The van der Waals surface area contributed by atoms with Crippen LogP contribution in [0.4, 0.5) is 10.6 Å². The number of hydrogen-bond donors (Lipinski definition) is 3. The van der Waals surface area contributed by atoms with Crippen LogP contribution in [0.15, 0.2) is 71.8 Å². The number of anilines is 1. The van der Waals surface area contributed by atoms with Crippen LogP contribution in [-0.4, -0.2) is 97.8 Å². The number of amides is 2. The first kappa shape index (κ1) is 35.3. The number of hydrogen-bond acceptors (Lipinski definition) is 9. The molecule has 3 unspecified atom stereocenters. The van der Waals surface area contributed by atoms with Crippen molar-refractivity contribution in [2.45, 2.75) is 56.9 Å².